The van der Waals surface area contributed by atoms with Crippen LogP contribution < -0.4 is 29.6 Å². The van der Waals surface area contributed by atoms with Crippen molar-refractivity contribution in [1.82, 2.24) is 0 Å². The van der Waals surface area contributed by atoms with Crippen LogP contribution in [0.25, 0.3) is 10.8 Å². The number of benzene rings is 3. The number of phenols is 2. The van der Waals surface area contributed by atoms with Crippen molar-refractivity contribution in [1.29, 1.82) is 0 Å². The molecule has 0 spiro atoms. The molecule has 0 aliphatic carbocycles. The zero-order valence-electron chi connectivity index (χ0n) is 12.7. The fraction of sp³-hybridized carbons (Fsp3) is 0. The molecule has 0 aliphatic rings. The average molecular weight is 332 g/mol. The van der Waals surface area contributed by atoms with Crippen molar-refractivity contribution in [2.75, 3.05) is 0 Å². The van der Waals surface area contributed by atoms with Gasteiger partial charge >= 0.3 is 29.6 Å². The van der Waals surface area contributed by atoms with Crippen LogP contribution in [0, 0.1) is 10.1 Å². The van der Waals surface area contributed by atoms with Gasteiger partial charge in [-0.25, -0.2) is 0 Å². The number of hydrogen-bond donors (Lipinski definition) is 2. The van der Waals surface area contributed by atoms with Crippen molar-refractivity contribution in [2.24, 2.45) is 10.2 Å². The number of azo groups is 1. The summed E-state index contributed by atoms with van der Waals surface area (Å²) >= 11 is 0. The van der Waals surface area contributed by atoms with Crippen molar-refractivity contribution >= 4 is 27.8 Å². The van der Waals surface area contributed by atoms with Crippen molar-refractivity contribution < 1.29 is 44.7 Å². The largest absolute Gasteiger partial charge is 1.00 e. The molecule has 2 N–H and O–H groups in total. The Morgan fingerprint density at radius 2 is 1.62 bits per heavy atom. The molecule has 0 unspecified atom stereocenters. The van der Waals surface area contributed by atoms with Crippen molar-refractivity contribution in [3.63, 3.8) is 0 Å². The minimum atomic E-state index is -0.589. The summed E-state index contributed by atoms with van der Waals surface area (Å²) in [6.07, 6.45) is 0. The molecular weight excluding hydrogens is 321 g/mol. The number of non-ortho nitro benzene ring substituents is 1. The Morgan fingerprint density at radius 1 is 0.917 bits per heavy atom. The van der Waals surface area contributed by atoms with Crippen LogP contribution in [-0.4, -0.2) is 15.1 Å². The van der Waals surface area contributed by atoms with E-state index in [1.165, 1.54) is 18.2 Å². The van der Waals surface area contributed by atoms with E-state index in [1.54, 1.807) is 18.2 Å². The van der Waals surface area contributed by atoms with Crippen LogP contribution in [0.4, 0.5) is 17.1 Å². The van der Waals surface area contributed by atoms with Crippen LogP contribution in [0.2, 0.25) is 0 Å². The third-order valence-corrected chi connectivity index (χ3v) is 3.31. The van der Waals surface area contributed by atoms with Gasteiger partial charge < -0.3 is 10.2 Å². The monoisotopic (exact) mass is 332 g/mol. The predicted octanol–water partition coefficient (Wildman–Crippen LogP) is 1.58. The van der Waals surface area contributed by atoms with Crippen LogP contribution in [0.15, 0.2) is 64.8 Å². The second-order valence-corrected chi connectivity index (χ2v) is 4.78. The van der Waals surface area contributed by atoms with E-state index in [1.807, 2.05) is 12.1 Å². The third kappa shape index (κ3) is 3.53. The van der Waals surface area contributed by atoms with Gasteiger partial charge in [0.2, 0.25) is 0 Å². The number of nitro groups is 1. The van der Waals surface area contributed by atoms with E-state index in [9.17, 15) is 20.3 Å². The van der Waals surface area contributed by atoms with E-state index in [4.69, 9.17) is 0 Å². The summed E-state index contributed by atoms with van der Waals surface area (Å²) in [6.45, 7) is 0. The SMILES string of the molecule is O=[N+]([O-])c1ccc(O)c(N=Nc2c(O)ccc3ccccc23)c1.[Na+]. The molecule has 0 saturated heterocycles. The van der Waals surface area contributed by atoms with Gasteiger partial charge in [-0.15, -0.1) is 10.2 Å². The molecule has 0 radical (unpaired) electrons. The smallest absolute Gasteiger partial charge is 0.506 e. The molecule has 3 aromatic carbocycles. The summed E-state index contributed by atoms with van der Waals surface area (Å²) in [7, 11) is 0. The molecule has 0 amide bonds. The second-order valence-electron chi connectivity index (χ2n) is 4.78. The maximum Gasteiger partial charge on any atom is 1.00 e. The van der Waals surface area contributed by atoms with E-state index in [0.717, 1.165) is 11.5 Å². The second kappa shape index (κ2) is 7.39. The molecule has 0 aromatic heterocycles. The molecule has 0 saturated carbocycles. The molecular formula is C16H11N3NaO4+. The molecule has 0 bridgehead atoms. The normalized spacial score (nSPS) is 10.7. The van der Waals surface area contributed by atoms with Crippen LogP contribution in [0.5, 0.6) is 11.5 Å². The topological polar surface area (TPSA) is 108 Å². The number of hydrogen-bond acceptors (Lipinski definition) is 6. The summed E-state index contributed by atoms with van der Waals surface area (Å²) < 4.78 is 0. The maximum absolute atomic E-state index is 10.8. The summed E-state index contributed by atoms with van der Waals surface area (Å²) in [6, 6.07) is 14.0. The predicted molar refractivity (Wildman–Crippen MR) is 84.6 cm³/mol. The van der Waals surface area contributed by atoms with E-state index in [2.05, 4.69) is 10.2 Å². The summed E-state index contributed by atoms with van der Waals surface area (Å²) in [5.74, 6) is -0.309. The Bertz CT molecular complexity index is 944. The molecule has 114 valence electrons. The van der Waals surface area contributed by atoms with E-state index >= 15 is 0 Å². The van der Waals surface area contributed by atoms with Gasteiger partial charge in [0.15, 0.2) is 0 Å². The first-order chi connectivity index (χ1) is 11.1. The Labute approximate surface area is 158 Å². The number of nitrogens with zero attached hydrogens (tertiary/aromatic N) is 3. The fourth-order valence-corrected chi connectivity index (χ4v) is 2.16. The summed E-state index contributed by atoms with van der Waals surface area (Å²) in [5.41, 5.74) is -0.0283. The van der Waals surface area contributed by atoms with Crippen molar-refractivity contribution in [2.45, 2.75) is 0 Å². The van der Waals surface area contributed by atoms with Crippen LogP contribution >= 0.6 is 0 Å². The first-order valence-corrected chi connectivity index (χ1v) is 6.66. The first kappa shape index (κ1) is 17.9. The number of fused-ring (bicyclic) bond motifs is 1. The first-order valence-electron chi connectivity index (χ1n) is 6.66. The van der Waals surface area contributed by atoms with Gasteiger partial charge in [-0.3, -0.25) is 10.1 Å². The minimum absolute atomic E-state index is 0. The molecule has 0 aliphatic heterocycles. The standard InChI is InChI=1S/C16H11N3O4.Na/c20-14-8-6-11(19(22)23)9-13(14)17-18-16-12-4-2-1-3-10(12)5-7-15(16)21;/h1-9,20-21H;/q;+1. The van der Waals surface area contributed by atoms with E-state index in [-0.39, 0.29) is 58.1 Å². The Hall–Kier alpha value is -2.48. The Balaban J connectivity index is 0.00000208. The zero-order chi connectivity index (χ0) is 16.4. The number of aromatic hydroxyl groups is 2. The zero-order valence-corrected chi connectivity index (χ0v) is 14.7. The Kier molecular flexibility index (Phi) is 5.50. The van der Waals surface area contributed by atoms with E-state index in [0.29, 0.717) is 5.39 Å². The molecule has 7 nitrogen and oxygen atoms in total. The molecule has 24 heavy (non-hydrogen) atoms. The van der Waals surface area contributed by atoms with Crippen LogP contribution in [0.1, 0.15) is 0 Å². The van der Waals surface area contributed by atoms with Crippen LogP contribution in [0.3, 0.4) is 0 Å². The number of rotatable bonds is 3. The van der Waals surface area contributed by atoms with Gasteiger partial charge in [0.25, 0.3) is 5.69 Å². The molecule has 0 heterocycles. The number of phenolic OH excluding ortho intramolecular Hbond substituents is 2. The summed E-state index contributed by atoms with van der Waals surface area (Å²) in [4.78, 5) is 10.2. The summed E-state index contributed by atoms with van der Waals surface area (Å²) in [5, 5.41) is 39.8. The molecule has 3 aromatic rings. The van der Waals surface area contributed by atoms with Gasteiger partial charge in [0.05, 0.1) is 4.92 Å². The fourth-order valence-electron chi connectivity index (χ4n) is 2.16. The van der Waals surface area contributed by atoms with Gasteiger partial charge in [0.1, 0.15) is 22.9 Å². The van der Waals surface area contributed by atoms with Gasteiger partial charge in [-0.2, -0.15) is 0 Å². The molecule has 8 heteroatoms. The van der Waals surface area contributed by atoms with Crippen molar-refractivity contribution in [3.8, 4) is 11.5 Å². The van der Waals surface area contributed by atoms with Crippen molar-refractivity contribution in [3.05, 3.63) is 64.7 Å². The molecule has 0 fully saturated rings. The number of nitro benzene ring substituents is 1. The van der Waals surface area contributed by atoms with E-state index < -0.39 is 4.92 Å². The maximum atomic E-state index is 10.8. The Morgan fingerprint density at radius 3 is 2.38 bits per heavy atom. The molecule has 3 rings (SSSR count). The van der Waals surface area contributed by atoms with Gasteiger partial charge in [-0.05, 0) is 17.5 Å². The molecule has 0 atom stereocenters. The van der Waals surface area contributed by atoms with Crippen LogP contribution in [-0.2, 0) is 0 Å². The average Bonchev–Trinajstić information content (AvgIpc) is 2.55. The quantitative estimate of drug-likeness (QED) is 0.328. The third-order valence-electron chi connectivity index (χ3n) is 3.31. The van der Waals surface area contributed by atoms with Gasteiger partial charge in [0, 0.05) is 17.5 Å². The minimum Gasteiger partial charge on any atom is -0.506 e. The van der Waals surface area contributed by atoms with Gasteiger partial charge in [-0.1, -0.05) is 30.3 Å².